The standard InChI is InChI=1S/C24H24F3NO2S/c1-16-12-17(2)14-18(13-16)15-28-10-3-4-21(23(29)30)22(28)31-11-9-24(26,27)19-5-7-20(25)8-6-19/h3-8,12-14H,9-11,15H2,1-2H3,(H,29,30). The van der Waals surface area contributed by atoms with Gasteiger partial charge in [0.25, 0.3) is 5.92 Å². The number of carbonyl (C=O) groups is 1. The molecule has 3 rings (SSSR count). The van der Waals surface area contributed by atoms with E-state index >= 15 is 0 Å². The lowest BCUT2D eigenvalue weighted by molar-refractivity contribution is -0.132. The molecule has 0 radical (unpaired) electrons. The number of carboxylic acids is 1. The van der Waals surface area contributed by atoms with E-state index in [4.69, 9.17) is 0 Å². The first-order valence-corrected chi connectivity index (χ1v) is 10.9. The Bertz CT molecular complexity index is 996. The van der Waals surface area contributed by atoms with Crippen molar-refractivity contribution in [3.05, 3.63) is 93.3 Å². The Hall–Kier alpha value is -2.67. The molecule has 0 unspecified atom stereocenters. The van der Waals surface area contributed by atoms with Gasteiger partial charge in [0, 0.05) is 30.8 Å². The number of alkyl halides is 2. The summed E-state index contributed by atoms with van der Waals surface area (Å²) in [4.78, 5) is 13.7. The van der Waals surface area contributed by atoms with Crippen molar-refractivity contribution in [3.63, 3.8) is 0 Å². The fourth-order valence-electron chi connectivity index (χ4n) is 3.59. The second-order valence-electron chi connectivity index (χ2n) is 7.61. The zero-order chi connectivity index (χ0) is 22.6. The summed E-state index contributed by atoms with van der Waals surface area (Å²) < 4.78 is 42.1. The fourth-order valence-corrected chi connectivity index (χ4v) is 4.77. The van der Waals surface area contributed by atoms with Crippen LogP contribution in [0.5, 0.6) is 0 Å². The van der Waals surface area contributed by atoms with E-state index in [9.17, 15) is 23.1 Å². The summed E-state index contributed by atoms with van der Waals surface area (Å²) in [6, 6.07) is 10.3. The van der Waals surface area contributed by atoms with Crippen LogP contribution in [0.25, 0.3) is 0 Å². The van der Waals surface area contributed by atoms with Crippen LogP contribution in [0, 0.1) is 19.7 Å². The molecule has 0 aliphatic carbocycles. The molecule has 164 valence electrons. The maximum atomic E-state index is 14.5. The molecular weight excluding hydrogens is 423 g/mol. The van der Waals surface area contributed by atoms with E-state index in [0.717, 1.165) is 52.7 Å². The molecule has 2 aromatic carbocycles. The Balaban J connectivity index is 1.76. The Morgan fingerprint density at radius 3 is 2.39 bits per heavy atom. The van der Waals surface area contributed by atoms with Crippen LogP contribution in [0.1, 0.15) is 28.7 Å². The number of aryl methyl sites for hydroxylation is 2. The molecule has 1 aliphatic heterocycles. The second kappa shape index (κ2) is 9.64. The summed E-state index contributed by atoms with van der Waals surface area (Å²) in [5, 5.41) is 10.1. The van der Waals surface area contributed by atoms with E-state index in [1.54, 1.807) is 6.08 Å². The van der Waals surface area contributed by atoms with Crippen LogP contribution in [-0.2, 0) is 17.3 Å². The number of nitrogens with zero attached hydrogens (tertiary/aromatic N) is 1. The first-order chi connectivity index (χ1) is 14.7. The fraction of sp³-hybridized carbons (Fsp3) is 0.292. The molecule has 0 spiro atoms. The summed E-state index contributed by atoms with van der Waals surface area (Å²) in [6.45, 7) is 4.98. The summed E-state index contributed by atoms with van der Waals surface area (Å²) in [6.07, 6.45) is 2.81. The van der Waals surface area contributed by atoms with Crippen molar-refractivity contribution in [2.75, 3.05) is 12.3 Å². The normalized spacial score (nSPS) is 14.3. The van der Waals surface area contributed by atoms with Crippen molar-refractivity contribution < 1.29 is 23.1 Å². The summed E-state index contributed by atoms with van der Waals surface area (Å²) in [7, 11) is 0. The Morgan fingerprint density at radius 2 is 1.77 bits per heavy atom. The average Bonchev–Trinajstić information content (AvgIpc) is 2.68. The van der Waals surface area contributed by atoms with Crippen LogP contribution < -0.4 is 0 Å². The Labute approximate surface area is 184 Å². The molecule has 1 aliphatic rings. The zero-order valence-corrected chi connectivity index (χ0v) is 18.2. The van der Waals surface area contributed by atoms with Crippen molar-refractivity contribution in [3.8, 4) is 0 Å². The molecule has 0 fully saturated rings. The van der Waals surface area contributed by atoms with Crippen molar-refractivity contribution in [2.24, 2.45) is 0 Å². The topological polar surface area (TPSA) is 40.5 Å². The van der Waals surface area contributed by atoms with Crippen molar-refractivity contribution in [1.29, 1.82) is 0 Å². The van der Waals surface area contributed by atoms with Gasteiger partial charge < -0.3 is 10.0 Å². The molecule has 3 nitrogen and oxygen atoms in total. The molecule has 1 heterocycles. The maximum absolute atomic E-state index is 14.5. The number of rotatable bonds is 8. The lowest BCUT2D eigenvalue weighted by atomic mass is 10.1. The number of hydrogen-bond donors (Lipinski definition) is 1. The number of aliphatic carboxylic acids is 1. The van der Waals surface area contributed by atoms with Crippen molar-refractivity contribution in [1.82, 2.24) is 4.90 Å². The molecule has 0 bridgehead atoms. The van der Waals surface area contributed by atoms with Crippen LogP contribution in [0.3, 0.4) is 0 Å². The number of benzene rings is 2. The summed E-state index contributed by atoms with van der Waals surface area (Å²) in [5.41, 5.74) is 3.10. The van der Waals surface area contributed by atoms with E-state index in [2.05, 4.69) is 6.07 Å². The van der Waals surface area contributed by atoms with E-state index in [0.29, 0.717) is 18.1 Å². The lowest BCUT2D eigenvalue weighted by Crippen LogP contribution is -2.27. The third-order valence-electron chi connectivity index (χ3n) is 4.93. The Kier molecular flexibility index (Phi) is 7.15. The van der Waals surface area contributed by atoms with Gasteiger partial charge in [0.15, 0.2) is 0 Å². The van der Waals surface area contributed by atoms with Crippen LogP contribution >= 0.6 is 11.8 Å². The summed E-state index contributed by atoms with van der Waals surface area (Å²) >= 11 is 1.11. The minimum Gasteiger partial charge on any atom is -0.478 e. The molecule has 0 saturated heterocycles. The minimum absolute atomic E-state index is 0.0215. The monoisotopic (exact) mass is 447 g/mol. The van der Waals surface area contributed by atoms with Gasteiger partial charge in [0.05, 0.1) is 10.6 Å². The van der Waals surface area contributed by atoms with Gasteiger partial charge in [-0.3, -0.25) is 0 Å². The smallest absolute Gasteiger partial charge is 0.338 e. The van der Waals surface area contributed by atoms with Crippen LogP contribution in [0.4, 0.5) is 13.2 Å². The predicted molar refractivity (Wildman–Crippen MR) is 117 cm³/mol. The average molecular weight is 448 g/mol. The van der Waals surface area contributed by atoms with Crippen molar-refractivity contribution in [2.45, 2.75) is 32.7 Å². The molecule has 7 heteroatoms. The minimum atomic E-state index is -3.13. The summed E-state index contributed by atoms with van der Waals surface area (Å²) in [5.74, 6) is -4.77. The van der Waals surface area contributed by atoms with Crippen LogP contribution in [0.2, 0.25) is 0 Å². The second-order valence-corrected chi connectivity index (χ2v) is 8.70. The Morgan fingerprint density at radius 1 is 1.13 bits per heavy atom. The maximum Gasteiger partial charge on any atom is 0.338 e. The van der Waals surface area contributed by atoms with Gasteiger partial charge in [-0.25, -0.2) is 18.0 Å². The van der Waals surface area contributed by atoms with E-state index in [1.165, 1.54) is 6.08 Å². The molecule has 1 N–H and O–H groups in total. The molecule has 0 saturated carbocycles. The molecular formula is C24H24F3NO2S. The number of thioether (sulfide) groups is 1. The predicted octanol–water partition coefficient (Wildman–Crippen LogP) is 6.03. The third-order valence-corrected chi connectivity index (χ3v) is 6.09. The third kappa shape index (κ3) is 5.94. The highest BCUT2D eigenvalue weighted by atomic mass is 32.2. The highest BCUT2D eigenvalue weighted by Crippen LogP contribution is 2.36. The van der Waals surface area contributed by atoms with Gasteiger partial charge >= 0.3 is 5.97 Å². The molecule has 31 heavy (non-hydrogen) atoms. The molecule has 0 atom stereocenters. The number of halogens is 3. The molecule has 0 amide bonds. The van der Waals surface area contributed by atoms with Gasteiger partial charge in [0.1, 0.15) is 5.82 Å². The van der Waals surface area contributed by atoms with Gasteiger partial charge in [0.2, 0.25) is 0 Å². The first kappa shape index (κ1) is 23.0. The molecule has 0 aromatic heterocycles. The van der Waals surface area contributed by atoms with Gasteiger partial charge in [-0.1, -0.05) is 47.5 Å². The van der Waals surface area contributed by atoms with E-state index in [-0.39, 0.29) is 16.9 Å². The van der Waals surface area contributed by atoms with E-state index in [1.807, 2.05) is 30.9 Å². The van der Waals surface area contributed by atoms with Gasteiger partial charge in [-0.15, -0.1) is 11.8 Å². The quantitative estimate of drug-likeness (QED) is 0.537. The van der Waals surface area contributed by atoms with E-state index < -0.39 is 24.1 Å². The van der Waals surface area contributed by atoms with Crippen molar-refractivity contribution >= 4 is 17.7 Å². The van der Waals surface area contributed by atoms with Crippen LogP contribution in [-0.4, -0.2) is 28.3 Å². The van der Waals surface area contributed by atoms with Gasteiger partial charge in [-0.05, 0) is 37.6 Å². The zero-order valence-electron chi connectivity index (χ0n) is 17.4. The molecule has 2 aromatic rings. The number of hydrogen-bond acceptors (Lipinski definition) is 3. The highest BCUT2D eigenvalue weighted by Gasteiger charge is 2.32. The SMILES string of the molecule is Cc1cc(C)cc(CN2CC=CC(C(=O)O)=C2SCCC(F)(F)c2ccc(F)cc2)c1. The lowest BCUT2D eigenvalue weighted by Gasteiger charge is -2.30. The number of carboxylic acid groups (broad SMARTS) is 1. The van der Waals surface area contributed by atoms with Crippen LogP contribution in [0.15, 0.2) is 65.2 Å². The first-order valence-electron chi connectivity index (χ1n) is 9.88. The highest BCUT2D eigenvalue weighted by molar-refractivity contribution is 8.03. The van der Waals surface area contributed by atoms with Gasteiger partial charge in [-0.2, -0.15) is 0 Å². The largest absolute Gasteiger partial charge is 0.478 e.